The fourth-order valence-corrected chi connectivity index (χ4v) is 5.83. The summed E-state index contributed by atoms with van der Waals surface area (Å²) in [5.41, 5.74) is 8.78. The van der Waals surface area contributed by atoms with Gasteiger partial charge in [0.15, 0.2) is 5.78 Å². The Bertz CT molecular complexity index is 1080. The Hall–Kier alpha value is -2.71. The molecule has 2 saturated heterocycles. The van der Waals surface area contributed by atoms with Gasteiger partial charge in [0.2, 0.25) is 0 Å². The first-order valence-electron chi connectivity index (χ1n) is 13.1. The SMILES string of the molecule is CCOC(=O)CN1CCCC[C@H]1C(=O)[C@@H]1CCCN1CCc1cc2ccc(C(=N)N)cc2n1CC. The van der Waals surface area contributed by atoms with Crippen LogP contribution in [0.25, 0.3) is 10.9 Å². The van der Waals surface area contributed by atoms with Gasteiger partial charge in [0.25, 0.3) is 0 Å². The van der Waals surface area contributed by atoms with Crippen LogP contribution in [0.2, 0.25) is 0 Å². The minimum atomic E-state index is -0.240. The normalized spacial score (nSPS) is 21.4. The molecule has 2 aliphatic rings. The number of benzene rings is 1. The number of ether oxygens (including phenoxy) is 1. The van der Waals surface area contributed by atoms with Gasteiger partial charge < -0.3 is 15.0 Å². The zero-order valence-corrected chi connectivity index (χ0v) is 21.1. The number of likely N-dealkylation sites (tertiary alicyclic amines) is 2. The number of Topliss-reactive ketones (excluding diaryl/α,β-unsaturated/α-hetero) is 1. The summed E-state index contributed by atoms with van der Waals surface area (Å²) in [6.07, 6.45) is 5.65. The first-order valence-corrected chi connectivity index (χ1v) is 13.1. The molecule has 8 heteroatoms. The van der Waals surface area contributed by atoms with Crippen LogP contribution in [-0.4, -0.2) is 76.8 Å². The van der Waals surface area contributed by atoms with E-state index in [4.69, 9.17) is 15.9 Å². The van der Waals surface area contributed by atoms with Gasteiger partial charge in [-0.25, -0.2) is 0 Å². The molecule has 0 aliphatic carbocycles. The first-order chi connectivity index (χ1) is 16.9. The lowest BCUT2D eigenvalue weighted by Crippen LogP contribution is -2.53. The molecule has 0 bridgehead atoms. The molecule has 35 heavy (non-hydrogen) atoms. The van der Waals surface area contributed by atoms with Crippen molar-refractivity contribution in [1.29, 1.82) is 5.41 Å². The zero-order chi connectivity index (χ0) is 24.9. The molecular formula is C27H39N5O3. The minimum Gasteiger partial charge on any atom is -0.465 e. The van der Waals surface area contributed by atoms with Gasteiger partial charge in [0.1, 0.15) is 5.84 Å². The number of esters is 1. The van der Waals surface area contributed by atoms with E-state index in [0.29, 0.717) is 6.61 Å². The largest absolute Gasteiger partial charge is 0.465 e. The lowest BCUT2D eigenvalue weighted by atomic mass is 9.93. The lowest BCUT2D eigenvalue weighted by molar-refractivity contribution is -0.146. The van der Waals surface area contributed by atoms with E-state index in [0.717, 1.165) is 81.2 Å². The molecule has 1 aromatic heterocycles. The molecular weight excluding hydrogens is 442 g/mol. The number of piperidine rings is 1. The van der Waals surface area contributed by atoms with Crippen molar-refractivity contribution < 1.29 is 14.3 Å². The van der Waals surface area contributed by atoms with Gasteiger partial charge in [-0.05, 0) is 70.1 Å². The summed E-state index contributed by atoms with van der Waals surface area (Å²) in [7, 11) is 0. The van der Waals surface area contributed by atoms with Crippen molar-refractivity contribution in [3.8, 4) is 0 Å². The standard InChI is InChI=1S/C27H39N5O3/c1-3-32-21(16-19-10-11-20(27(28)29)17-24(19)32)12-15-30-14-7-9-22(30)26(34)23-8-5-6-13-31(23)18-25(33)35-4-2/h10-11,16-17,22-23H,3-9,12-15,18H2,1-2H3,(H3,28,29)/t22-,23-/m0/s1. The Morgan fingerprint density at radius 3 is 2.54 bits per heavy atom. The fraction of sp³-hybridized carbons (Fsp3) is 0.593. The first kappa shape index (κ1) is 25.4. The van der Waals surface area contributed by atoms with E-state index in [1.165, 1.54) is 5.69 Å². The molecule has 8 nitrogen and oxygen atoms in total. The zero-order valence-electron chi connectivity index (χ0n) is 21.1. The van der Waals surface area contributed by atoms with Crippen LogP contribution < -0.4 is 5.73 Å². The third-order valence-corrected chi connectivity index (χ3v) is 7.54. The van der Waals surface area contributed by atoms with E-state index in [2.05, 4.69) is 22.5 Å². The van der Waals surface area contributed by atoms with E-state index in [-0.39, 0.29) is 36.2 Å². The molecule has 2 atom stereocenters. The molecule has 2 aliphatic heterocycles. The Labute approximate surface area is 207 Å². The third kappa shape index (κ3) is 5.59. The monoisotopic (exact) mass is 481 g/mol. The van der Waals surface area contributed by atoms with Crippen LogP contribution in [0.4, 0.5) is 0 Å². The van der Waals surface area contributed by atoms with Gasteiger partial charge in [0.05, 0.1) is 25.2 Å². The van der Waals surface area contributed by atoms with Crippen LogP contribution in [0.5, 0.6) is 0 Å². The molecule has 4 rings (SSSR count). The lowest BCUT2D eigenvalue weighted by Gasteiger charge is -2.36. The molecule has 0 saturated carbocycles. The van der Waals surface area contributed by atoms with E-state index in [1.807, 2.05) is 30.0 Å². The Morgan fingerprint density at radius 2 is 1.80 bits per heavy atom. The van der Waals surface area contributed by atoms with Crippen LogP contribution >= 0.6 is 0 Å². The van der Waals surface area contributed by atoms with Gasteiger partial charge >= 0.3 is 5.97 Å². The number of amidine groups is 1. The second-order valence-corrected chi connectivity index (χ2v) is 9.70. The average molecular weight is 482 g/mol. The molecule has 2 fully saturated rings. The number of carbonyl (C=O) groups is 2. The number of carbonyl (C=O) groups excluding carboxylic acids is 2. The van der Waals surface area contributed by atoms with Crippen molar-refractivity contribution in [2.75, 3.05) is 32.8 Å². The Morgan fingerprint density at radius 1 is 1.06 bits per heavy atom. The number of nitrogens with one attached hydrogen (secondary N) is 1. The van der Waals surface area contributed by atoms with Crippen molar-refractivity contribution in [2.24, 2.45) is 5.73 Å². The number of nitrogen functional groups attached to an aromatic ring is 1. The molecule has 3 N–H and O–H groups in total. The van der Waals surface area contributed by atoms with Crippen LogP contribution in [0.3, 0.4) is 0 Å². The second-order valence-electron chi connectivity index (χ2n) is 9.70. The molecule has 0 amide bonds. The predicted octanol–water partition coefficient (Wildman–Crippen LogP) is 2.94. The number of fused-ring (bicyclic) bond motifs is 1. The molecule has 190 valence electrons. The van der Waals surface area contributed by atoms with Crippen LogP contribution in [-0.2, 0) is 27.3 Å². The summed E-state index contributed by atoms with van der Waals surface area (Å²) >= 11 is 0. The highest BCUT2D eigenvalue weighted by Gasteiger charge is 2.38. The summed E-state index contributed by atoms with van der Waals surface area (Å²) in [5, 5.41) is 8.91. The molecule has 0 spiro atoms. The van der Waals surface area contributed by atoms with Gasteiger partial charge in [-0.3, -0.25) is 24.8 Å². The molecule has 1 aromatic carbocycles. The van der Waals surface area contributed by atoms with Gasteiger partial charge in [-0.15, -0.1) is 0 Å². The number of hydrogen-bond acceptors (Lipinski definition) is 6. The van der Waals surface area contributed by atoms with Crippen molar-refractivity contribution in [1.82, 2.24) is 14.4 Å². The molecule has 3 heterocycles. The summed E-state index contributed by atoms with van der Waals surface area (Å²) in [6.45, 7) is 7.90. The van der Waals surface area contributed by atoms with E-state index < -0.39 is 0 Å². The number of nitrogens with two attached hydrogens (primary N) is 1. The van der Waals surface area contributed by atoms with Gasteiger partial charge in [-0.1, -0.05) is 18.6 Å². The topological polar surface area (TPSA) is 105 Å². The Kier molecular flexibility index (Phi) is 8.23. The number of aromatic nitrogens is 1. The highest BCUT2D eigenvalue weighted by molar-refractivity contribution is 5.98. The van der Waals surface area contributed by atoms with E-state index in [1.54, 1.807) is 0 Å². The summed E-state index contributed by atoms with van der Waals surface area (Å²) in [5.74, 6) is 0.111. The smallest absolute Gasteiger partial charge is 0.320 e. The third-order valence-electron chi connectivity index (χ3n) is 7.54. The van der Waals surface area contributed by atoms with Gasteiger partial charge in [-0.2, -0.15) is 0 Å². The second kappa shape index (κ2) is 11.4. The van der Waals surface area contributed by atoms with E-state index >= 15 is 0 Å². The number of ketones is 1. The van der Waals surface area contributed by atoms with E-state index in [9.17, 15) is 9.59 Å². The van der Waals surface area contributed by atoms with Crippen molar-refractivity contribution in [3.05, 3.63) is 35.5 Å². The van der Waals surface area contributed by atoms with Crippen molar-refractivity contribution in [3.63, 3.8) is 0 Å². The van der Waals surface area contributed by atoms with Crippen LogP contribution in [0.1, 0.15) is 57.2 Å². The Balaban J connectivity index is 1.45. The minimum absolute atomic E-state index is 0.0773. The van der Waals surface area contributed by atoms with Gasteiger partial charge in [0, 0.05) is 36.3 Å². The summed E-state index contributed by atoms with van der Waals surface area (Å²) in [6, 6.07) is 7.88. The van der Waals surface area contributed by atoms with Crippen LogP contribution in [0, 0.1) is 5.41 Å². The van der Waals surface area contributed by atoms with Crippen molar-refractivity contribution >= 4 is 28.5 Å². The summed E-state index contributed by atoms with van der Waals surface area (Å²) in [4.78, 5) is 30.2. The average Bonchev–Trinajstić information content (AvgIpc) is 3.46. The number of rotatable bonds is 10. The predicted molar refractivity (Wildman–Crippen MR) is 138 cm³/mol. The molecule has 2 aromatic rings. The van der Waals surface area contributed by atoms with Crippen molar-refractivity contribution in [2.45, 2.75) is 71.0 Å². The highest BCUT2D eigenvalue weighted by atomic mass is 16.5. The maximum Gasteiger partial charge on any atom is 0.320 e. The van der Waals surface area contributed by atoms with Crippen LogP contribution in [0.15, 0.2) is 24.3 Å². The number of nitrogens with zero attached hydrogens (tertiary/aromatic N) is 3. The quantitative estimate of drug-likeness (QED) is 0.307. The molecule has 0 radical (unpaired) electrons. The maximum absolute atomic E-state index is 13.7. The fourth-order valence-electron chi connectivity index (χ4n) is 5.83. The maximum atomic E-state index is 13.7. The molecule has 0 unspecified atom stereocenters. The number of hydrogen-bond donors (Lipinski definition) is 2. The highest BCUT2D eigenvalue weighted by Crippen LogP contribution is 2.27. The summed E-state index contributed by atoms with van der Waals surface area (Å²) < 4.78 is 7.44. The number of aryl methyl sites for hydroxylation is 1.